The summed E-state index contributed by atoms with van der Waals surface area (Å²) in [7, 11) is -1.70. The van der Waals surface area contributed by atoms with Crippen molar-refractivity contribution in [2.45, 2.75) is 37.1 Å². The number of rotatable bonds is 7. The Bertz CT molecular complexity index is 1320. The maximum absolute atomic E-state index is 13.3. The zero-order valence-electron chi connectivity index (χ0n) is 20.3. The Kier molecular flexibility index (Phi) is 6.95. The maximum Gasteiger partial charge on any atom is 0.243 e. The second kappa shape index (κ2) is 10.1. The smallest absolute Gasteiger partial charge is 0.243 e. The van der Waals surface area contributed by atoms with Crippen molar-refractivity contribution in [3.05, 3.63) is 65.9 Å². The molecule has 1 amide bonds. The van der Waals surface area contributed by atoms with Crippen LogP contribution in [-0.2, 0) is 34.8 Å². The van der Waals surface area contributed by atoms with Crippen molar-refractivity contribution >= 4 is 26.8 Å². The van der Waals surface area contributed by atoms with Crippen LogP contribution in [0.2, 0.25) is 0 Å². The van der Waals surface area contributed by atoms with Gasteiger partial charge in [-0.25, -0.2) is 8.42 Å². The quantitative estimate of drug-likeness (QED) is 0.512. The lowest BCUT2D eigenvalue weighted by atomic mass is 9.98. The summed E-state index contributed by atoms with van der Waals surface area (Å²) in [6.07, 6.45) is 5.30. The average Bonchev–Trinajstić information content (AvgIpc) is 3.26. The van der Waals surface area contributed by atoms with Crippen LogP contribution in [-0.4, -0.2) is 60.8 Å². The highest BCUT2D eigenvalue weighted by Gasteiger charge is 2.33. The number of carbonyl (C=O) groups excluding carboxylic acids is 1. The maximum atomic E-state index is 13.3. The molecule has 186 valence electrons. The highest BCUT2D eigenvalue weighted by Crippen LogP contribution is 2.26. The van der Waals surface area contributed by atoms with Gasteiger partial charge in [-0.2, -0.15) is 4.31 Å². The summed E-state index contributed by atoms with van der Waals surface area (Å²) in [6.45, 7) is 4.27. The molecule has 3 aromatic rings. The molecule has 1 fully saturated rings. The minimum absolute atomic E-state index is 0.0348. The van der Waals surface area contributed by atoms with E-state index in [0.717, 1.165) is 49.8 Å². The highest BCUT2D eigenvalue weighted by molar-refractivity contribution is 7.89. The van der Waals surface area contributed by atoms with Crippen molar-refractivity contribution in [3.8, 4) is 0 Å². The van der Waals surface area contributed by atoms with Gasteiger partial charge >= 0.3 is 0 Å². The molecule has 1 atom stereocenters. The summed E-state index contributed by atoms with van der Waals surface area (Å²) in [5, 5.41) is 3.96. The molecule has 1 unspecified atom stereocenters. The number of nitrogens with zero attached hydrogens (tertiary/aromatic N) is 3. The fourth-order valence-electron chi connectivity index (χ4n) is 5.35. The van der Waals surface area contributed by atoms with Crippen molar-refractivity contribution < 1.29 is 13.2 Å². The molecular weight excluding hydrogens is 460 g/mol. The van der Waals surface area contributed by atoms with Crippen molar-refractivity contribution in [1.82, 2.24) is 19.1 Å². The molecule has 0 radical (unpaired) electrons. The first-order valence-electron chi connectivity index (χ1n) is 12.5. The van der Waals surface area contributed by atoms with Gasteiger partial charge in [-0.3, -0.25) is 9.69 Å². The first-order chi connectivity index (χ1) is 16.9. The van der Waals surface area contributed by atoms with Crippen LogP contribution in [0.25, 0.3) is 10.9 Å². The van der Waals surface area contributed by atoms with Gasteiger partial charge < -0.3 is 9.88 Å². The predicted molar refractivity (Wildman–Crippen MR) is 137 cm³/mol. The van der Waals surface area contributed by atoms with Gasteiger partial charge in [-0.05, 0) is 61.1 Å². The largest absolute Gasteiger partial charge is 0.356 e. The molecule has 7 nitrogen and oxygen atoms in total. The Balaban J connectivity index is 1.12. The molecule has 1 saturated heterocycles. The van der Waals surface area contributed by atoms with Crippen molar-refractivity contribution in [2.24, 2.45) is 13.0 Å². The topological polar surface area (TPSA) is 74.6 Å². The van der Waals surface area contributed by atoms with Crippen molar-refractivity contribution in [2.75, 3.05) is 32.7 Å². The van der Waals surface area contributed by atoms with Crippen molar-refractivity contribution in [1.29, 1.82) is 0 Å². The van der Waals surface area contributed by atoms with E-state index in [9.17, 15) is 13.2 Å². The minimum Gasteiger partial charge on any atom is -0.356 e. The molecule has 8 heteroatoms. The second-order valence-corrected chi connectivity index (χ2v) is 11.7. The van der Waals surface area contributed by atoms with E-state index in [1.807, 2.05) is 29.9 Å². The average molecular weight is 495 g/mol. The van der Waals surface area contributed by atoms with Gasteiger partial charge in [0, 0.05) is 63.4 Å². The Morgan fingerprint density at radius 3 is 2.77 bits per heavy atom. The normalized spacial score (nSPS) is 19.5. The van der Waals surface area contributed by atoms with Gasteiger partial charge in [-0.1, -0.05) is 24.3 Å². The van der Waals surface area contributed by atoms with Crippen LogP contribution >= 0.6 is 0 Å². The number of fused-ring (bicyclic) bond motifs is 2. The van der Waals surface area contributed by atoms with Crippen LogP contribution in [0.15, 0.2) is 59.6 Å². The standard InChI is InChI=1S/C27H34N4O3S/c1-29-16-11-22-18-25(9-10-26(22)29)35(33,34)31-15-4-8-24(20-31)27(32)28-13-5-14-30-17-12-21-6-2-3-7-23(21)19-30/h2-3,6-7,9-11,16,18,24H,4-5,8,12-15,17,19-20H2,1H3,(H,28,32). The van der Waals surface area contributed by atoms with Crippen molar-refractivity contribution in [3.63, 3.8) is 0 Å². The van der Waals surface area contributed by atoms with E-state index in [1.165, 1.54) is 15.4 Å². The summed E-state index contributed by atoms with van der Waals surface area (Å²) < 4.78 is 30.1. The fourth-order valence-corrected chi connectivity index (χ4v) is 6.91. The number of sulfonamides is 1. The number of carbonyl (C=O) groups is 1. The first kappa shape index (κ1) is 24.0. The van der Waals surface area contributed by atoms with Crippen LogP contribution in [0.3, 0.4) is 0 Å². The SMILES string of the molecule is Cn1ccc2cc(S(=O)(=O)N3CCCC(C(=O)NCCCN4CCc5ccccc5C4)C3)ccc21. The molecule has 0 aliphatic carbocycles. The van der Waals surface area contributed by atoms with E-state index in [1.54, 1.807) is 12.1 Å². The van der Waals surface area contributed by atoms with E-state index in [0.29, 0.717) is 24.4 Å². The number of hydrogen-bond donors (Lipinski definition) is 1. The van der Waals surface area contributed by atoms with Crippen LogP contribution < -0.4 is 5.32 Å². The Labute approximate surface area is 207 Å². The molecule has 5 rings (SSSR count). The van der Waals surface area contributed by atoms with E-state index >= 15 is 0 Å². The lowest BCUT2D eigenvalue weighted by Crippen LogP contribution is -2.45. The number of aryl methyl sites for hydroxylation is 1. The summed E-state index contributed by atoms with van der Waals surface area (Å²) in [6, 6.07) is 15.8. The van der Waals surface area contributed by atoms with Crippen LogP contribution in [0, 0.1) is 5.92 Å². The van der Waals surface area contributed by atoms with E-state index < -0.39 is 10.0 Å². The molecule has 1 aromatic heterocycles. The number of nitrogens with one attached hydrogen (secondary N) is 1. The number of hydrogen-bond acceptors (Lipinski definition) is 4. The lowest BCUT2D eigenvalue weighted by Gasteiger charge is -2.31. The number of aromatic nitrogens is 1. The summed E-state index contributed by atoms with van der Waals surface area (Å²) in [4.78, 5) is 15.6. The van der Waals surface area contributed by atoms with E-state index in [-0.39, 0.29) is 18.4 Å². The third-order valence-corrected chi connectivity index (χ3v) is 9.27. The van der Waals surface area contributed by atoms with Crippen LogP contribution in [0.4, 0.5) is 0 Å². The third-order valence-electron chi connectivity index (χ3n) is 7.41. The van der Waals surface area contributed by atoms with Crippen LogP contribution in [0.1, 0.15) is 30.4 Å². The van der Waals surface area contributed by atoms with Gasteiger partial charge in [-0.15, -0.1) is 0 Å². The summed E-state index contributed by atoms with van der Waals surface area (Å²) >= 11 is 0. The van der Waals surface area contributed by atoms with E-state index in [4.69, 9.17) is 0 Å². The van der Waals surface area contributed by atoms with Gasteiger partial charge in [0.05, 0.1) is 10.8 Å². The molecule has 0 saturated carbocycles. The fraction of sp³-hybridized carbons (Fsp3) is 0.444. The zero-order valence-corrected chi connectivity index (χ0v) is 21.1. The molecular formula is C27H34N4O3S. The monoisotopic (exact) mass is 494 g/mol. The summed E-state index contributed by atoms with van der Waals surface area (Å²) in [5.74, 6) is -0.340. The van der Waals surface area contributed by atoms with Gasteiger partial charge in [0.25, 0.3) is 0 Å². The Morgan fingerprint density at radius 1 is 1.09 bits per heavy atom. The van der Waals surface area contributed by atoms with Gasteiger partial charge in [0.1, 0.15) is 0 Å². The molecule has 2 aromatic carbocycles. The Hall–Kier alpha value is -2.68. The molecule has 2 aliphatic heterocycles. The summed E-state index contributed by atoms with van der Waals surface area (Å²) in [5.41, 5.74) is 3.84. The van der Waals surface area contributed by atoms with Crippen LogP contribution in [0.5, 0.6) is 0 Å². The molecule has 2 aliphatic rings. The first-order valence-corrected chi connectivity index (χ1v) is 14.0. The minimum atomic E-state index is -3.64. The third kappa shape index (κ3) is 5.15. The molecule has 35 heavy (non-hydrogen) atoms. The lowest BCUT2D eigenvalue weighted by molar-refractivity contribution is -0.126. The molecule has 0 bridgehead atoms. The number of benzene rings is 2. The molecule has 1 N–H and O–H groups in total. The second-order valence-electron chi connectivity index (χ2n) is 9.79. The number of amides is 1. The zero-order chi connectivity index (χ0) is 24.4. The predicted octanol–water partition coefficient (Wildman–Crippen LogP) is 3.14. The number of piperidine rings is 1. The van der Waals surface area contributed by atoms with E-state index in [2.05, 4.69) is 34.5 Å². The molecule has 3 heterocycles. The Morgan fingerprint density at radius 2 is 1.91 bits per heavy atom. The highest BCUT2D eigenvalue weighted by atomic mass is 32.2. The van der Waals surface area contributed by atoms with Gasteiger partial charge in [0.2, 0.25) is 15.9 Å². The van der Waals surface area contributed by atoms with Gasteiger partial charge in [0.15, 0.2) is 0 Å². The molecule has 0 spiro atoms.